The van der Waals surface area contributed by atoms with Gasteiger partial charge in [0.1, 0.15) is 11.9 Å². The molecule has 2 heterocycles. The van der Waals surface area contributed by atoms with Gasteiger partial charge in [-0.1, -0.05) is 23.4 Å². The number of aryl methyl sites for hydroxylation is 1. The lowest BCUT2D eigenvalue weighted by molar-refractivity contribution is 0.0926. The zero-order chi connectivity index (χ0) is 18.5. The zero-order valence-corrected chi connectivity index (χ0v) is 15.7. The molecule has 1 aliphatic heterocycles. The van der Waals surface area contributed by atoms with Crippen molar-refractivity contribution >= 4 is 5.91 Å². The molecule has 7 heteroatoms. The maximum absolute atomic E-state index is 12.5. The van der Waals surface area contributed by atoms with Crippen molar-refractivity contribution in [3.05, 3.63) is 41.2 Å². The number of hydrogen-bond donors (Lipinski definition) is 2. The Kier molecular flexibility index (Phi) is 5.88. The van der Waals surface area contributed by atoms with Crippen LogP contribution in [0.15, 0.2) is 24.3 Å². The summed E-state index contributed by atoms with van der Waals surface area (Å²) in [6, 6.07) is 8.17. The first-order valence-electron chi connectivity index (χ1n) is 9.19. The molecule has 1 fully saturated rings. The molecular weight excluding hydrogens is 330 g/mol. The van der Waals surface area contributed by atoms with Crippen LogP contribution in [0, 0.1) is 13.8 Å². The molecule has 1 aliphatic rings. The topological polar surface area (TPSA) is 81.1 Å². The van der Waals surface area contributed by atoms with Gasteiger partial charge in [-0.15, -0.1) is 5.10 Å². The third-order valence-corrected chi connectivity index (χ3v) is 4.77. The van der Waals surface area contributed by atoms with E-state index in [0.717, 1.165) is 42.9 Å². The van der Waals surface area contributed by atoms with Crippen molar-refractivity contribution in [1.82, 2.24) is 25.6 Å². The first-order valence-corrected chi connectivity index (χ1v) is 9.19. The lowest BCUT2D eigenvalue weighted by atomic mass is 10.1. The number of nitrogens with zero attached hydrogens (tertiary/aromatic N) is 3. The smallest absolute Gasteiger partial charge is 0.273 e. The maximum Gasteiger partial charge on any atom is 0.273 e. The SMILES string of the molecule is Cc1ccccc1OC(C)CNC(=O)c1nnn(C2CCNCC2)c1C. The number of ether oxygens (including phenoxy) is 1. The molecule has 7 nitrogen and oxygen atoms in total. The first kappa shape index (κ1) is 18.4. The van der Waals surface area contributed by atoms with Gasteiger partial charge in [-0.3, -0.25) is 4.79 Å². The second kappa shape index (κ2) is 8.31. The van der Waals surface area contributed by atoms with Gasteiger partial charge in [0.05, 0.1) is 18.3 Å². The molecular formula is C19H27N5O2. The van der Waals surface area contributed by atoms with Gasteiger partial charge in [0, 0.05) is 0 Å². The summed E-state index contributed by atoms with van der Waals surface area (Å²) in [5.74, 6) is 0.630. The Labute approximate surface area is 154 Å². The van der Waals surface area contributed by atoms with Crippen LogP contribution in [0.5, 0.6) is 5.75 Å². The van der Waals surface area contributed by atoms with Crippen LogP contribution in [0.4, 0.5) is 0 Å². The van der Waals surface area contributed by atoms with E-state index < -0.39 is 0 Å². The lowest BCUT2D eigenvalue weighted by Gasteiger charge is -2.23. The van der Waals surface area contributed by atoms with Gasteiger partial charge in [0.2, 0.25) is 0 Å². The molecule has 26 heavy (non-hydrogen) atoms. The molecule has 2 N–H and O–H groups in total. The predicted molar refractivity (Wildman–Crippen MR) is 99.5 cm³/mol. The van der Waals surface area contributed by atoms with Crippen LogP contribution in [0.1, 0.15) is 47.6 Å². The van der Waals surface area contributed by atoms with Crippen molar-refractivity contribution in [3.8, 4) is 5.75 Å². The summed E-state index contributed by atoms with van der Waals surface area (Å²) in [7, 11) is 0. The van der Waals surface area contributed by atoms with Crippen LogP contribution < -0.4 is 15.4 Å². The van der Waals surface area contributed by atoms with E-state index in [9.17, 15) is 4.79 Å². The van der Waals surface area contributed by atoms with E-state index in [1.54, 1.807) is 0 Å². The molecule has 1 amide bonds. The third kappa shape index (κ3) is 4.22. The van der Waals surface area contributed by atoms with Crippen molar-refractivity contribution in [2.75, 3.05) is 19.6 Å². The average Bonchev–Trinajstić information content (AvgIpc) is 3.04. The highest BCUT2D eigenvalue weighted by Crippen LogP contribution is 2.20. The lowest BCUT2D eigenvalue weighted by Crippen LogP contribution is -2.34. The number of piperidine rings is 1. The monoisotopic (exact) mass is 357 g/mol. The van der Waals surface area contributed by atoms with E-state index in [4.69, 9.17) is 4.74 Å². The summed E-state index contributed by atoms with van der Waals surface area (Å²) in [4.78, 5) is 12.5. The fourth-order valence-electron chi connectivity index (χ4n) is 3.22. The molecule has 1 atom stereocenters. The fourth-order valence-corrected chi connectivity index (χ4v) is 3.22. The van der Waals surface area contributed by atoms with E-state index in [1.165, 1.54) is 0 Å². The second-order valence-corrected chi connectivity index (χ2v) is 6.85. The van der Waals surface area contributed by atoms with E-state index in [2.05, 4.69) is 20.9 Å². The molecule has 1 saturated heterocycles. The number of rotatable bonds is 6. The Balaban J connectivity index is 1.56. The van der Waals surface area contributed by atoms with Gasteiger partial charge in [-0.2, -0.15) is 0 Å². The fraction of sp³-hybridized carbons (Fsp3) is 0.526. The van der Waals surface area contributed by atoms with Crippen LogP contribution in [0.3, 0.4) is 0 Å². The highest BCUT2D eigenvalue weighted by molar-refractivity contribution is 5.93. The van der Waals surface area contributed by atoms with Crippen LogP contribution in [-0.2, 0) is 0 Å². The van der Waals surface area contributed by atoms with Crippen LogP contribution >= 0.6 is 0 Å². The summed E-state index contributed by atoms with van der Waals surface area (Å²) >= 11 is 0. The number of aromatic nitrogens is 3. The molecule has 0 spiro atoms. The molecule has 0 bridgehead atoms. The van der Waals surface area contributed by atoms with Crippen LogP contribution in [-0.4, -0.2) is 46.6 Å². The molecule has 1 aromatic heterocycles. The zero-order valence-electron chi connectivity index (χ0n) is 15.7. The molecule has 140 valence electrons. The molecule has 1 unspecified atom stereocenters. The summed E-state index contributed by atoms with van der Waals surface area (Å²) < 4.78 is 7.79. The van der Waals surface area contributed by atoms with Gasteiger partial charge in [0.25, 0.3) is 5.91 Å². The van der Waals surface area contributed by atoms with Crippen molar-refractivity contribution < 1.29 is 9.53 Å². The van der Waals surface area contributed by atoms with Crippen molar-refractivity contribution in [2.45, 2.75) is 45.8 Å². The Bertz CT molecular complexity index is 752. The number of hydrogen-bond acceptors (Lipinski definition) is 5. The minimum Gasteiger partial charge on any atom is -0.489 e. The molecule has 0 saturated carbocycles. The van der Waals surface area contributed by atoms with Crippen molar-refractivity contribution in [1.29, 1.82) is 0 Å². The van der Waals surface area contributed by atoms with E-state index in [1.807, 2.05) is 49.7 Å². The molecule has 3 rings (SSSR count). The van der Waals surface area contributed by atoms with Crippen molar-refractivity contribution in [3.63, 3.8) is 0 Å². The third-order valence-electron chi connectivity index (χ3n) is 4.77. The van der Waals surface area contributed by atoms with Gasteiger partial charge < -0.3 is 15.4 Å². The minimum atomic E-state index is -0.206. The second-order valence-electron chi connectivity index (χ2n) is 6.85. The van der Waals surface area contributed by atoms with Crippen LogP contribution in [0.2, 0.25) is 0 Å². The van der Waals surface area contributed by atoms with Gasteiger partial charge >= 0.3 is 0 Å². The van der Waals surface area contributed by atoms with Crippen molar-refractivity contribution in [2.24, 2.45) is 0 Å². The predicted octanol–water partition coefficient (Wildman–Crippen LogP) is 2.02. The summed E-state index contributed by atoms with van der Waals surface area (Å²) in [6.07, 6.45) is 1.87. The molecule has 1 aromatic carbocycles. The number of carbonyl (C=O) groups is 1. The number of carbonyl (C=O) groups excluding carboxylic acids is 1. The number of amides is 1. The largest absolute Gasteiger partial charge is 0.489 e. The van der Waals surface area contributed by atoms with E-state index >= 15 is 0 Å². The average molecular weight is 357 g/mol. The van der Waals surface area contributed by atoms with E-state index in [0.29, 0.717) is 18.3 Å². The van der Waals surface area contributed by atoms with Gasteiger partial charge in [-0.05, 0) is 58.3 Å². The number of benzene rings is 1. The summed E-state index contributed by atoms with van der Waals surface area (Å²) in [6.45, 7) is 8.20. The summed E-state index contributed by atoms with van der Waals surface area (Å²) in [5, 5.41) is 14.6. The highest BCUT2D eigenvalue weighted by Gasteiger charge is 2.23. The number of nitrogens with one attached hydrogen (secondary N) is 2. The Morgan fingerprint density at radius 3 is 2.81 bits per heavy atom. The first-order chi connectivity index (χ1) is 12.6. The highest BCUT2D eigenvalue weighted by atomic mass is 16.5. The van der Waals surface area contributed by atoms with Gasteiger partial charge in [0.15, 0.2) is 5.69 Å². The quantitative estimate of drug-likeness (QED) is 0.827. The molecule has 0 radical (unpaired) electrons. The Morgan fingerprint density at radius 2 is 2.08 bits per heavy atom. The van der Waals surface area contributed by atoms with Crippen LogP contribution in [0.25, 0.3) is 0 Å². The Morgan fingerprint density at radius 1 is 1.35 bits per heavy atom. The normalized spacial score (nSPS) is 16.3. The Hall–Kier alpha value is -2.41. The van der Waals surface area contributed by atoms with Gasteiger partial charge in [-0.25, -0.2) is 4.68 Å². The standard InChI is InChI=1S/C19H27N5O2/c1-13-6-4-5-7-17(13)26-14(2)12-21-19(25)18-15(3)24(23-22-18)16-8-10-20-11-9-16/h4-7,14,16,20H,8-12H2,1-3H3,(H,21,25). The maximum atomic E-state index is 12.5. The summed E-state index contributed by atoms with van der Waals surface area (Å²) in [5.41, 5.74) is 2.29. The molecule has 0 aliphatic carbocycles. The van der Waals surface area contributed by atoms with E-state index in [-0.39, 0.29) is 12.0 Å². The molecule has 2 aromatic rings. The minimum absolute atomic E-state index is 0.139. The number of para-hydroxylation sites is 1.